The van der Waals surface area contributed by atoms with E-state index in [1.54, 1.807) is 0 Å². The largest absolute Gasteiger partial charge is 0.340 e. The van der Waals surface area contributed by atoms with Crippen molar-refractivity contribution in [3.05, 3.63) is 48.0 Å². The fourth-order valence-electron chi connectivity index (χ4n) is 3.91. The molecule has 0 saturated carbocycles. The highest BCUT2D eigenvalue weighted by Crippen LogP contribution is 2.20. The standard InChI is InChI=1S/C20H23N3O2/c24-19(13-15-7-8-16-4-1-2-5-17(16)12-15)22-10-3-6-18(14-22)23-11-9-21-20(23)25/h1-2,4-5,7-8,12,18H,3,6,9-11,13-14H2,(H,21,25). The number of amides is 3. The molecule has 0 bridgehead atoms. The predicted molar refractivity (Wildman–Crippen MR) is 97.4 cm³/mol. The number of carbonyl (C=O) groups is 2. The maximum atomic E-state index is 12.8. The third-order valence-corrected chi connectivity index (χ3v) is 5.25. The first kappa shape index (κ1) is 15.9. The van der Waals surface area contributed by atoms with Crippen molar-refractivity contribution in [3.8, 4) is 0 Å². The van der Waals surface area contributed by atoms with Crippen molar-refractivity contribution in [2.24, 2.45) is 0 Å². The molecule has 0 aromatic heterocycles. The topological polar surface area (TPSA) is 52.7 Å². The van der Waals surface area contributed by atoms with E-state index < -0.39 is 0 Å². The molecular formula is C20H23N3O2. The molecule has 2 aliphatic heterocycles. The van der Waals surface area contributed by atoms with Crippen molar-refractivity contribution in [3.63, 3.8) is 0 Å². The lowest BCUT2D eigenvalue weighted by Crippen LogP contribution is -2.51. The summed E-state index contributed by atoms with van der Waals surface area (Å²) in [4.78, 5) is 28.4. The Labute approximate surface area is 147 Å². The maximum absolute atomic E-state index is 12.8. The van der Waals surface area contributed by atoms with Crippen LogP contribution >= 0.6 is 0 Å². The Hall–Kier alpha value is -2.56. The van der Waals surface area contributed by atoms with Crippen LogP contribution < -0.4 is 5.32 Å². The second kappa shape index (κ2) is 6.75. The summed E-state index contributed by atoms with van der Waals surface area (Å²) >= 11 is 0. The van der Waals surface area contributed by atoms with E-state index >= 15 is 0 Å². The third-order valence-electron chi connectivity index (χ3n) is 5.25. The number of nitrogens with one attached hydrogen (secondary N) is 1. The van der Waals surface area contributed by atoms with Crippen LogP contribution in [0.15, 0.2) is 42.5 Å². The van der Waals surface area contributed by atoms with Crippen LogP contribution in [-0.2, 0) is 11.2 Å². The Bertz CT molecular complexity index is 804. The molecule has 5 nitrogen and oxygen atoms in total. The first-order valence-electron chi connectivity index (χ1n) is 9.00. The van der Waals surface area contributed by atoms with Crippen LogP contribution in [0.3, 0.4) is 0 Å². The Morgan fingerprint density at radius 3 is 2.76 bits per heavy atom. The summed E-state index contributed by atoms with van der Waals surface area (Å²) in [5.74, 6) is 0.152. The molecule has 2 fully saturated rings. The fourth-order valence-corrected chi connectivity index (χ4v) is 3.91. The molecule has 1 N–H and O–H groups in total. The Morgan fingerprint density at radius 1 is 1.12 bits per heavy atom. The van der Waals surface area contributed by atoms with E-state index in [2.05, 4.69) is 29.6 Å². The summed E-state index contributed by atoms with van der Waals surface area (Å²) in [5, 5.41) is 5.21. The number of benzene rings is 2. The highest BCUT2D eigenvalue weighted by molar-refractivity contribution is 5.85. The number of piperidine rings is 1. The Balaban J connectivity index is 1.43. The lowest BCUT2D eigenvalue weighted by atomic mass is 10.0. The molecule has 3 amide bonds. The highest BCUT2D eigenvalue weighted by atomic mass is 16.2. The molecule has 2 aromatic carbocycles. The molecule has 5 heteroatoms. The minimum Gasteiger partial charge on any atom is -0.340 e. The molecule has 2 aromatic rings. The smallest absolute Gasteiger partial charge is 0.317 e. The van der Waals surface area contributed by atoms with Gasteiger partial charge in [-0.15, -0.1) is 0 Å². The van der Waals surface area contributed by atoms with E-state index in [-0.39, 0.29) is 18.0 Å². The summed E-state index contributed by atoms with van der Waals surface area (Å²) in [6, 6.07) is 14.6. The van der Waals surface area contributed by atoms with Gasteiger partial charge in [-0.25, -0.2) is 4.79 Å². The zero-order chi connectivity index (χ0) is 17.2. The molecule has 4 rings (SSSR count). The van der Waals surface area contributed by atoms with Crippen LogP contribution in [0.25, 0.3) is 10.8 Å². The van der Waals surface area contributed by atoms with E-state index in [9.17, 15) is 9.59 Å². The van der Waals surface area contributed by atoms with Crippen LogP contribution in [0.4, 0.5) is 4.79 Å². The molecule has 0 spiro atoms. The minimum absolute atomic E-state index is 0.00817. The van der Waals surface area contributed by atoms with Crippen molar-refractivity contribution < 1.29 is 9.59 Å². The highest BCUT2D eigenvalue weighted by Gasteiger charge is 2.32. The molecule has 1 atom stereocenters. The first-order chi connectivity index (χ1) is 12.2. The zero-order valence-corrected chi connectivity index (χ0v) is 14.3. The van der Waals surface area contributed by atoms with Gasteiger partial charge in [0.2, 0.25) is 5.91 Å². The fraction of sp³-hybridized carbons (Fsp3) is 0.400. The van der Waals surface area contributed by atoms with Crippen LogP contribution in [0, 0.1) is 0 Å². The molecule has 25 heavy (non-hydrogen) atoms. The van der Waals surface area contributed by atoms with Gasteiger partial charge in [-0.2, -0.15) is 0 Å². The minimum atomic E-state index is 0.00817. The summed E-state index contributed by atoms with van der Waals surface area (Å²) in [6.07, 6.45) is 2.36. The molecule has 0 radical (unpaired) electrons. The number of hydrogen-bond donors (Lipinski definition) is 1. The van der Waals surface area contributed by atoms with Crippen LogP contribution in [-0.4, -0.2) is 54.0 Å². The number of likely N-dealkylation sites (tertiary alicyclic amines) is 1. The van der Waals surface area contributed by atoms with Crippen LogP contribution in [0.5, 0.6) is 0 Å². The second-order valence-corrected chi connectivity index (χ2v) is 6.92. The van der Waals surface area contributed by atoms with Gasteiger partial charge in [-0.3, -0.25) is 4.79 Å². The molecule has 2 heterocycles. The van der Waals surface area contributed by atoms with Gasteiger partial charge in [-0.05, 0) is 29.2 Å². The quantitative estimate of drug-likeness (QED) is 0.935. The average Bonchev–Trinajstić information content (AvgIpc) is 3.08. The molecule has 130 valence electrons. The van der Waals surface area contributed by atoms with Gasteiger partial charge in [0.05, 0.1) is 12.5 Å². The van der Waals surface area contributed by atoms with E-state index in [0.29, 0.717) is 19.5 Å². The first-order valence-corrected chi connectivity index (χ1v) is 9.00. The van der Waals surface area contributed by atoms with Crippen molar-refractivity contribution >= 4 is 22.7 Å². The summed E-state index contributed by atoms with van der Waals surface area (Å²) in [7, 11) is 0. The maximum Gasteiger partial charge on any atom is 0.317 e. The van der Waals surface area contributed by atoms with Gasteiger partial charge in [0.25, 0.3) is 0 Å². The van der Waals surface area contributed by atoms with Crippen molar-refractivity contribution in [1.82, 2.24) is 15.1 Å². The second-order valence-electron chi connectivity index (χ2n) is 6.92. The SMILES string of the molecule is O=C(Cc1ccc2ccccc2c1)N1CCCC(N2CCNC2=O)C1. The zero-order valence-electron chi connectivity index (χ0n) is 14.3. The predicted octanol–water partition coefficient (Wildman–Crippen LogP) is 2.40. The van der Waals surface area contributed by atoms with Crippen LogP contribution in [0.1, 0.15) is 18.4 Å². The molecule has 2 saturated heterocycles. The molecule has 1 unspecified atom stereocenters. The van der Waals surface area contributed by atoms with Gasteiger partial charge in [0.15, 0.2) is 0 Å². The summed E-state index contributed by atoms with van der Waals surface area (Å²) in [6.45, 7) is 2.90. The van der Waals surface area contributed by atoms with Gasteiger partial charge >= 0.3 is 6.03 Å². The number of fused-ring (bicyclic) bond motifs is 1. The van der Waals surface area contributed by atoms with Crippen molar-refractivity contribution in [2.45, 2.75) is 25.3 Å². The number of nitrogens with zero attached hydrogens (tertiary/aromatic N) is 2. The Morgan fingerprint density at radius 2 is 1.96 bits per heavy atom. The molecular weight excluding hydrogens is 314 g/mol. The number of rotatable bonds is 3. The van der Waals surface area contributed by atoms with E-state index in [1.807, 2.05) is 28.0 Å². The van der Waals surface area contributed by atoms with Crippen LogP contribution in [0.2, 0.25) is 0 Å². The molecule has 2 aliphatic rings. The third kappa shape index (κ3) is 3.31. The van der Waals surface area contributed by atoms with Gasteiger partial charge in [0, 0.05) is 26.2 Å². The summed E-state index contributed by atoms with van der Waals surface area (Å²) in [5.41, 5.74) is 1.05. The monoisotopic (exact) mass is 337 g/mol. The normalized spacial score (nSPS) is 20.8. The average molecular weight is 337 g/mol. The van der Waals surface area contributed by atoms with E-state index in [0.717, 1.165) is 36.9 Å². The summed E-state index contributed by atoms with van der Waals surface area (Å²) < 4.78 is 0. The number of hydrogen-bond acceptors (Lipinski definition) is 2. The Kier molecular flexibility index (Phi) is 4.30. The van der Waals surface area contributed by atoms with Gasteiger partial charge in [-0.1, -0.05) is 42.5 Å². The van der Waals surface area contributed by atoms with Crippen molar-refractivity contribution in [1.29, 1.82) is 0 Å². The van der Waals surface area contributed by atoms with Gasteiger partial charge in [0.1, 0.15) is 0 Å². The molecule has 0 aliphatic carbocycles. The van der Waals surface area contributed by atoms with E-state index in [1.165, 1.54) is 5.39 Å². The number of carbonyl (C=O) groups excluding carboxylic acids is 2. The van der Waals surface area contributed by atoms with E-state index in [4.69, 9.17) is 0 Å². The number of urea groups is 1. The lowest BCUT2D eigenvalue weighted by Gasteiger charge is -2.37. The van der Waals surface area contributed by atoms with Gasteiger partial charge < -0.3 is 15.1 Å². The van der Waals surface area contributed by atoms with Crippen molar-refractivity contribution in [2.75, 3.05) is 26.2 Å². The lowest BCUT2D eigenvalue weighted by molar-refractivity contribution is -0.132.